The summed E-state index contributed by atoms with van der Waals surface area (Å²) < 4.78 is 37.0. The van der Waals surface area contributed by atoms with E-state index < -0.39 is 17.7 Å². The van der Waals surface area contributed by atoms with Crippen LogP contribution in [0.1, 0.15) is 37.7 Å². The maximum atomic E-state index is 15.0. The number of carbonyl (C=O) groups excluding carboxylic acids is 1. The number of fused-ring (bicyclic) bond motifs is 2. The lowest BCUT2D eigenvalue weighted by atomic mass is 9.98. The SMILES string of the molecule is N#CC(Cc1ccc(-c2cnn(CC3CCOCC3)c2)c(F)c1F)NC(=O)C1NC2CCC1C2. The van der Waals surface area contributed by atoms with Gasteiger partial charge in [0.2, 0.25) is 5.91 Å². The molecule has 2 N–H and O–H groups in total. The summed E-state index contributed by atoms with van der Waals surface area (Å²) in [6, 6.07) is 4.12. The zero-order valence-corrected chi connectivity index (χ0v) is 19.0. The van der Waals surface area contributed by atoms with Gasteiger partial charge in [0.15, 0.2) is 11.6 Å². The van der Waals surface area contributed by atoms with Crippen molar-refractivity contribution < 1.29 is 18.3 Å². The molecule has 2 saturated heterocycles. The Morgan fingerprint density at radius 1 is 1.26 bits per heavy atom. The number of nitrogens with zero attached hydrogens (tertiary/aromatic N) is 3. The summed E-state index contributed by atoms with van der Waals surface area (Å²) in [5, 5.41) is 19.8. The lowest BCUT2D eigenvalue weighted by Crippen LogP contribution is -2.50. The van der Waals surface area contributed by atoms with Gasteiger partial charge in [-0.25, -0.2) is 8.78 Å². The lowest BCUT2D eigenvalue weighted by Gasteiger charge is -2.23. The highest BCUT2D eigenvalue weighted by Gasteiger charge is 2.43. The van der Waals surface area contributed by atoms with Gasteiger partial charge in [-0.3, -0.25) is 9.48 Å². The molecule has 3 heterocycles. The molecule has 4 atom stereocenters. The maximum Gasteiger partial charge on any atom is 0.238 e. The van der Waals surface area contributed by atoms with Crippen LogP contribution < -0.4 is 10.6 Å². The van der Waals surface area contributed by atoms with Crippen molar-refractivity contribution in [2.45, 2.75) is 63.2 Å². The first-order chi connectivity index (χ1) is 16.5. The molecule has 1 aliphatic carbocycles. The van der Waals surface area contributed by atoms with E-state index in [-0.39, 0.29) is 35.4 Å². The number of ether oxygens (including phenoxy) is 1. The molecule has 3 fully saturated rings. The number of nitrogens with one attached hydrogen (secondary N) is 2. The van der Waals surface area contributed by atoms with Crippen molar-refractivity contribution in [1.82, 2.24) is 20.4 Å². The molecule has 1 aromatic heterocycles. The van der Waals surface area contributed by atoms with Crippen LogP contribution in [0, 0.1) is 34.8 Å². The Hall–Kier alpha value is -2.83. The third-order valence-electron chi connectivity index (χ3n) is 7.43. The fourth-order valence-electron chi connectivity index (χ4n) is 5.53. The molecule has 1 saturated carbocycles. The van der Waals surface area contributed by atoms with Crippen LogP contribution in [0.3, 0.4) is 0 Å². The van der Waals surface area contributed by atoms with Crippen LogP contribution in [0.4, 0.5) is 8.78 Å². The zero-order chi connectivity index (χ0) is 23.7. The predicted octanol–water partition coefficient (Wildman–Crippen LogP) is 2.95. The number of nitriles is 1. The summed E-state index contributed by atoms with van der Waals surface area (Å²) in [7, 11) is 0. The number of amides is 1. The fourth-order valence-corrected chi connectivity index (χ4v) is 5.53. The van der Waals surface area contributed by atoms with Crippen LogP contribution in [0.2, 0.25) is 0 Å². The normalized spacial score (nSPS) is 25.3. The molecule has 4 unspecified atom stereocenters. The number of rotatable bonds is 7. The highest BCUT2D eigenvalue weighted by molar-refractivity contribution is 5.83. The van der Waals surface area contributed by atoms with Crippen molar-refractivity contribution >= 4 is 5.91 Å². The summed E-state index contributed by atoms with van der Waals surface area (Å²) in [5.41, 5.74) is 0.689. The van der Waals surface area contributed by atoms with E-state index in [1.54, 1.807) is 10.9 Å². The molecule has 0 spiro atoms. The highest BCUT2D eigenvalue weighted by atomic mass is 19.2. The third-order valence-corrected chi connectivity index (χ3v) is 7.43. The van der Waals surface area contributed by atoms with Gasteiger partial charge in [0, 0.05) is 49.5 Å². The van der Waals surface area contributed by atoms with E-state index in [0.717, 1.165) is 45.3 Å². The number of hydrogen-bond acceptors (Lipinski definition) is 5. The van der Waals surface area contributed by atoms with Gasteiger partial charge in [0.05, 0.1) is 18.3 Å². The molecular formula is C25H29F2N5O2. The number of halogens is 2. The predicted molar refractivity (Wildman–Crippen MR) is 120 cm³/mol. The largest absolute Gasteiger partial charge is 0.381 e. The van der Waals surface area contributed by atoms with Crippen molar-refractivity contribution in [2.24, 2.45) is 11.8 Å². The second-order valence-corrected chi connectivity index (χ2v) is 9.72. The maximum absolute atomic E-state index is 15.0. The van der Waals surface area contributed by atoms with E-state index >= 15 is 0 Å². The standard InChI is InChI=1S/C25H29F2N5O2/c26-22-16(9-20(11-28)31-25(33)24-17-1-3-19(10-17)30-24)2-4-21(23(22)27)18-12-29-32(14-18)13-15-5-7-34-8-6-15/h2,4,12,14-15,17,19-20,24,30H,1,3,5-10,13H2,(H,31,33). The van der Waals surface area contributed by atoms with Gasteiger partial charge in [-0.2, -0.15) is 10.4 Å². The van der Waals surface area contributed by atoms with Crippen LogP contribution in [0.25, 0.3) is 11.1 Å². The van der Waals surface area contributed by atoms with Crippen molar-refractivity contribution in [3.8, 4) is 17.2 Å². The van der Waals surface area contributed by atoms with E-state index in [2.05, 4.69) is 15.7 Å². The number of carbonyl (C=O) groups is 1. The van der Waals surface area contributed by atoms with Crippen LogP contribution in [-0.4, -0.2) is 47.0 Å². The molecule has 34 heavy (non-hydrogen) atoms. The second-order valence-electron chi connectivity index (χ2n) is 9.72. The van der Waals surface area contributed by atoms with E-state index in [0.29, 0.717) is 24.1 Å². The van der Waals surface area contributed by atoms with Crippen molar-refractivity contribution in [1.29, 1.82) is 5.26 Å². The molecule has 5 rings (SSSR count). The first-order valence-corrected chi connectivity index (χ1v) is 12.0. The average molecular weight is 470 g/mol. The van der Waals surface area contributed by atoms with Crippen molar-refractivity contribution in [3.63, 3.8) is 0 Å². The van der Waals surface area contributed by atoms with Crippen molar-refractivity contribution in [3.05, 3.63) is 41.7 Å². The Morgan fingerprint density at radius 3 is 2.79 bits per heavy atom. The van der Waals surface area contributed by atoms with Crippen molar-refractivity contribution in [2.75, 3.05) is 13.2 Å². The molecule has 1 aromatic carbocycles. The number of benzene rings is 1. The summed E-state index contributed by atoms with van der Waals surface area (Å²) >= 11 is 0. The van der Waals surface area contributed by atoms with E-state index in [1.165, 1.54) is 18.3 Å². The van der Waals surface area contributed by atoms with Gasteiger partial charge < -0.3 is 15.4 Å². The Kier molecular flexibility index (Phi) is 6.61. The summed E-state index contributed by atoms with van der Waals surface area (Å²) in [6.45, 7) is 2.19. The zero-order valence-electron chi connectivity index (χ0n) is 19.0. The van der Waals surface area contributed by atoms with Crippen LogP contribution >= 0.6 is 0 Å². The van der Waals surface area contributed by atoms with Gasteiger partial charge >= 0.3 is 0 Å². The molecule has 180 valence electrons. The molecule has 0 radical (unpaired) electrons. The molecular weight excluding hydrogens is 440 g/mol. The number of aromatic nitrogens is 2. The van der Waals surface area contributed by atoms with Gasteiger partial charge in [-0.1, -0.05) is 12.1 Å². The molecule has 1 amide bonds. The van der Waals surface area contributed by atoms with Crippen LogP contribution in [0.5, 0.6) is 0 Å². The third kappa shape index (κ3) is 4.70. The molecule has 7 nitrogen and oxygen atoms in total. The Bertz CT molecular complexity index is 1090. The van der Waals surface area contributed by atoms with Gasteiger partial charge in [-0.05, 0) is 49.5 Å². The smallest absolute Gasteiger partial charge is 0.238 e. The second kappa shape index (κ2) is 9.80. The van der Waals surface area contributed by atoms with Gasteiger partial charge in [-0.15, -0.1) is 0 Å². The molecule has 2 bridgehead atoms. The van der Waals surface area contributed by atoms with Crippen LogP contribution in [-0.2, 0) is 22.5 Å². The summed E-state index contributed by atoms with van der Waals surface area (Å²) in [5.74, 6) is -1.47. The Morgan fingerprint density at radius 2 is 2.09 bits per heavy atom. The summed E-state index contributed by atoms with van der Waals surface area (Å²) in [4.78, 5) is 12.6. The minimum absolute atomic E-state index is 0.0589. The highest BCUT2D eigenvalue weighted by Crippen LogP contribution is 2.35. The molecule has 9 heteroatoms. The molecule has 2 aromatic rings. The topological polar surface area (TPSA) is 92.0 Å². The molecule has 3 aliphatic rings. The summed E-state index contributed by atoms with van der Waals surface area (Å²) in [6.07, 6.45) is 8.13. The fraction of sp³-hybridized carbons (Fsp3) is 0.560. The number of hydrogen-bond donors (Lipinski definition) is 2. The lowest BCUT2D eigenvalue weighted by molar-refractivity contribution is -0.124. The first-order valence-electron chi connectivity index (χ1n) is 12.0. The van der Waals surface area contributed by atoms with Gasteiger partial charge in [0.1, 0.15) is 6.04 Å². The monoisotopic (exact) mass is 469 g/mol. The quantitative estimate of drug-likeness (QED) is 0.651. The minimum Gasteiger partial charge on any atom is -0.381 e. The van der Waals surface area contributed by atoms with E-state index in [4.69, 9.17) is 4.74 Å². The number of piperidine rings is 1. The average Bonchev–Trinajstić information content (AvgIpc) is 3.60. The minimum atomic E-state index is -0.998. The van der Waals surface area contributed by atoms with E-state index in [1.807, 2.05) is 6.07 Å². The Labute approximate surface area is 197 Å². The van der Waals surface area contributed by atoms with E-state index in [9.17, 15) is 18.8 Å². The van der Waals surface area contributed by atoms with Crippen LogP contribution in [0.15, 0.2) is 24.5 Å². The van der Waals surface area contributed by atoms with Gasteiger partial charge in [0.25, 0.3) is 0 Å². The Balaban J connectivity index is 1.24. The first kappa shape index (κ1) is 22.9. The molecule has 2 aliphatic heterocycles.